The molecule has 9 nitrogen and oxygen atoms in total. The summed E-state index contributed by atoms with van der Waals surface area (Å²) >= 11 is 20.0. The summed E-state index contributed by atoms with van der Waals surface area (Å²) in [4.78, 5) is 32.5. The Morgan fingerprint density at radius 1 is 1.00 bits per heavy atom. The Balaban J connectivity index is 1.60. The highest BCUT2D eigenvalue weighted by atomic mass is 35.5. The Hall–Kier alpha value is -4.92. The lowest BCUT2D eigenvalue weighted by Gasteiger charge is -2.29. The number of rotatable bonds is 9. The maximum absolute atomic E-state index is 14.2. The first-order valence-corrected chi connectivity index (χ1v) is 16.2. The quantitative estimate of drug-likeness (QED) is 0.170. The molecule has 5 rings (SSSR count). The molecule has 2 heterocycles. The number of anilines is 3. The maximum Gasteiger partial charge on any atom is 0.251 e. The summed E-state index contributed by atoms with van der Waals surface area (Å²) in [5.41, 5.74) is 8.13. The number of hydrogen-bond acceptors (Lipinski definition) is 7. The number of amides is 2. The minimum absolute atomic E-state index is 0.0616. The van der Waals surface area contributed by atoms with E-state index < -0.39 is 0 Å². The van der Waals surface area contributed by atoms with Crippen molar-refractivity contribution in [3.63, 3.8) is 0 Å². The van der Waals surface area contributed by atoms with Crippen LogP contribution in [0.5, 0.6) is 17.2 Å². The summed E-state index contributed by atoms with van der Waals surface area (Å²) in [6.45, 7) is 3.59. The SMILES string of the molecule is C=CC(=O)Nc1ccccc1NC1=NC=C2CN(c3c(Cl)c(OC)cc(OC)c3Cl)C(=O)C=C(Cc3ccc(Cl)c(OC)c3)CC2=C=CC1. The van der Waals surface area contributed by atoms with E-state index in [0.29, 0.717) is 64.3 Å². The van der Waals surface area contributed by atoms with Crippen LogP contribution >= 0.6 is 34.8 Å². The molecule has 2 N–H and O–H groups in total. The zero-order valence-electron chi connectivity index (χ0n) is 27.0. The van der Waals surface area contributed by atoms with Gasteiger partial charge in [-0.05, 0) is 48.4 Å². The van der Waals surface area contributed by atoms with Gasteiger partial charge in [0.15, 0.2) is 0 Å². The van der Waals surface area contributed by atoms with Crippen LogP contribution in [0.3, 0.4) is 0 Å². The number of aliphatic imine (C=N–C) groups is 1. The average molecular weight is 720 g/mol. The number of para-hydroxylation sites is 2. The molecule has 3 aromatic rings. The molecular formula is C37H33Cl3N4O5. The van der Waals surface area contributed by atoms with Crippen molar-refractivity contribution >= 4 is 69.5 Å². The number of methoxy groups -OCH3 is 3. The number of ether oxygens (including phenoxy) is 3. The molecule has 0 radical (unpaired) electrons. The summed E-state index contributed by atoms with van der Waals surface area (Å²) in [5.74, 6) is 1.01. The van der Waals surface area contributed by atoms with Crippen LogP contribution in [-0.2, 0) is 16.0 Å². The average Bonchev–Trinajstić information content (AvgIpc) is 3.08. The van der Waals surface area contributed by atoms with Gasteiger partial charge >= 0.3 is 0 Å². The molecule has 0 unspecified atom stereocenters. The molecule has 0 aliphatic carbocycles. The fourth-order valence-electron chi connectivity index (χ4n) is 5.34. The van der Waals surface area contributed by atoms with E-state index in [4.69, 9.17) is 54.0 Å². The molecule has 0 fully saturated rings. The van der Waals surface area contributed by atoms with E-state index in [1.54, 1.807) is 37.6 Å². The molecule has 2 aliphatic rings. The summed E-state index contributed by atoms with van der Waals surface area (Å²) < 4.78 is 16.4. The van der Waals surface area contributed by atoms with Crippen molar-refractivity contribution in [1.82, 2.24) is 0 Å². The number of nitrogens with zero attached hydrogens (tertiary/aromatic N) is 2. The molecule has 3 aromatic carbocycles. The van der Waals surface area contributed by atoms with Crippen molar-refractivity contribution in [2.45, 2.75) is 19.3 Å². The minimum Gasteiger partial charge on any atom is -0.495 e. The number of amidine groups is 1. The van der Waals surface area contributed by atoms with Gasteiger partial charge in [0.2, 0.25) is 5.91 Å². The van der Waals surface area contributed by atoms with Crippen LogP contribution in [0.2, 0.25) is 15.1 Å². The lowest BCUT2D eigenvalue weighted by Crippen LogP contribution is -2.34. The third kappa shape index (κ3) is 8.21. The van der Waals surface area contributed by atoms with Crippen LogP contribution in [0.1, 0.15) is 18.4 Å². The van der Waals surface area contributed by atoms with E-state index in [0.717, 1.165) is 16.7 Å². The van der Waals surface area contributed by atoms with Crippen LogP contribution in [0.25, 0.3) is 0 Å². The smallest absolute Gasteiger partial charge is 0.251 e. The highest BCUT2D eigenvalue weighted by Gasteiger charge is 2.29. The van der Waals surface area contributed by atoms with Gasteiger partial charge in [0.05, 0.1) is 50.0 Å². The summed E-state index contributed by atoms with van der Waals surface area (Å²) in [7, 11) is 4.50. The summed E-state index contributed by atoms with van der Waals surface area (Å²) in [5, 5.41) is 6.90. The summed E-state index contributed by atoms with van der Waals surface area (Å²) in [6.07, 6.45) is 7.64. The third-order valence-electron chi connectivity index (χ3n) is 7.78. The van der Waals surface area contributed by atoms with Crippen LogP contribution in [-0.4, -0.2) is 45.5 Å². The molecule has 2 aliphatic heterocycles. The Labute approximate surface area is 299 Å². The van der Waals surface area contributed by atoms with Gasteiger partial charge in [0, 0.05) is 42.3 Å². The third-order valence-corrected chi connectivity index (χ3v) is 8.82. The van der Waals surface area contributed by atoms with E-state index in [1.165, 1.54) is 25.2 Å². The Morgan fingerprint density at radius 3 is 2.37 bits per heavy atom. The van der Waals surface area contributed by atoms with Crippen molar-refractivity contribution < 1.29 is 23.8 Å². The monoisotopic (exact) mass is 718 g/mol. The Morgan fingerprint density at radius 2 is 1.69 bits per heavy atom. The molecule has 49 heavy (non-hydrogen) atoms. The Kier molecular flexibility index (Phi) is 11.5. The van der Waals surface area contributed by atoms with Gasteiger partial charge in [-0.25, -0.2) is 4.99 Å². The molecule has 0 spiro atoms. The fraction of sp³-hybridized carbons (Fsp3) is 0.189. The molecule has 0 atom stereocenters. The Bertz CT molecular complexity index is 1950. The van der Waals surface area contributed by atoms with Gasteiger partial charge in [-0.3, -0.25) is 9.59 Å². The first kappa shape index (κ1) is 35.4. The van der Waals surface area contributed by atoms with E-state index in [9.17, 15) is 9.59 Å². The number of benzene rings is 3. The highest BCUT2D eigenvalue weighted by molar-refractivity contribution is 6.42. The molecule has 2 amide bonds. The van der Waals surface area contributed by atoms with Crippen molar-refractivity contribution in [3.8, 4) is 17.2 Å². The maximum atomic E-state index is 14.2. The molecule has 252 valence electrons. The second-order valence-electron chi connectivity index (χ2n) is 10.9. The predicted molar refractivity (Wildman–Crippen MR) is 197 cm³/mol. The van der Waals surface area contributed by atoms with Gasteiger partial charge in [-0.1, -0.05) is 65.2 Å². The van der Waals surface area contributed by atoms with Gasteiger partial charge < -0.3 is 29.7 Å². The fourth-order valence-corrected chi connectivity index (χ4v) is 6.24. The molecule has 0 aromatic heterocycles. The van der Waals surface area contributed by atoms with Gasteiger partial charge in [0.1, 0.15) is 33.1 Å². The number of fused-ring (bicyclic) bond motifs is 1. The number of carbonyl (C=O) groups excluding carboxylic acids is 2. The lowest BCUT2D eigenvalue weighted by molar-refractivity contribution is -0.114. The van der Waals surface area contributed by atoms with Crippen LogP contribution in [0, 0.1) is 0 Å². The lowest BCUT2D eigenvalue weighted by atomic mass is 9.92. The number of hydrogen-bond donors (Lipinski definition) is 2. The van der Waals surface area contributed by atoms with Crippen LogP contribution in [0.4, 0.5) is 17.1 Å². The topological polar surface area (TPSA) is 101 Å². The predicted octanol–water partition coefficient (Wildman–Crippen LogP) is 8.58. The van der Waals surface area contributed by atoms with Crippen molar-refractivity contribution in [3.05, 3.63) is 123 Å². The van der Waals surface area contributed by atoms with E-state index in [-0.39, 0.29) is 34.1 Å². The first-order chi connectivity index (χ1) is 23.6. The van der Waals surface area contributed by atoms with E-state index >= 15 is 0 Å². The number of nitrogens with one attached hydrogen (secondary N) is 2. The first-order valence-electron chi connectivity index (χ1n) is 15.1. The van der Waals surface area contributed by atoms with Crippen molar-refractivity contribution in [2.75, 3.05) is 43.4 Å². The minimum atomic E-state index is -0.352. The highest BCUT2D eigenvalue weighted by Crippen LogP contribution is 2.47. The largest absolute Gasteiger partial charge is 0.495 e. The van der Waals surface area contributed by atoms with Crippen molar-refractivity contribution in [2.24, 2.45) is 4.99 Å². The number of allylic oxidation sites excluding steroid dienone is 1. The van der Waals surface area contributed by atoms with E-state index in [1.807, 2.05) is 36.4 Å². The zero-order valence-corrected chi connectivity index (χ0v) is 29.3. The van der Waals surface area contributed by atoms with Crippen LogP contribution in [0.15, 0.2) is 107 Å². The second kappa shape index (κ2) is 16.0. The van der Waals surface area contributed by atoms with Gasteiger partial charge in [-0.15, -0.1) is 5.73 Å². The van der Waals surface area contributed by atoms with Gasteiger partial charge in [-0.2, -0.15) is 0 Å². The molecular weight excluding hydrogens is 687 g/mol. The molecule has 0 bridgehead atoms. The molecule has 12 heteroatoms. The number of halogens is 3. The standard InChI is InChI=1S/C37H33Cl3N4O5/c1-5-33(45)43-28-11-7-6-10-27(28)42-32-12-8-9-24-16-23(15-22-13-14-26(38)29(17-22)47-2)18-34(46)44(21-25(24)20-41-32)37-35(39)30(48-3)19-31(49-4)36(37)40/h5-8,10-11,13-14,17-20H,1,12,15-16,21H2,2-4H3,(H,41,42)(H,43,45). The summed E-state index contributed by atoms with van der Waals surface area (Å²) in [6, 6.07) is 14.3. The normalized spacial score (nSPS) is 14.4. The molecule has 0 saturated carbocycles. The zero-order chi connectivity index (χ0) is 35.1. The number of carbonyl (C=O) groups is 2. The van der Waals surface area contributed by atoms with Gasteiger partial charge in [0.25, 0.3) is 5.91 Å². The molecule has 0 saturated heterocycles. The second-order valence-corrected chi connectivity index (χ2v) is 12.1. The van der Waals surface area contributed by atoms with Crippen LogP contribution < -0.4 is 29.7 Å². The van der Waals surface area contributed by atoms with E-state index in [2.05, 4.69) is 22.9 Å². The van der Waals surface area contributed by atoms with Crippen molar-refractivity contribution in [1.29, 1.82) is 0 Å².